The van der Waals surface area contributed by atoms with Crippen molar-refractivity contribution >= 4 is 29.4 Å². The monoisotopic (exact) mass is 330 g/mol. The van der Waals surface area contributed by atoms with Gasteiger partial charge in [0.25, 0.3) is 5.91 Å². The summed E-state index contributed by atoms with van der Waals surface area (Å²) in [7, 11) is 0. The number of primary amides is 1. The third-order valence-electron chi connectivity index (χ3n) is 4.46. The number of nitrogens with two attached hydrogens (primary N) is 1. The van der Waals surface area contributed by atoms with E-state index in [0.717, 1.165) is 17.7 Å². The van der Waals surface area contributed by atoms with Crippen molar-refractivity contribution in [3.8, 4) is 0 Å². The first kappa shape index (κ1) is 16.0. The van der Waals surface area contributed by atoms with E-state index in [-0.39, 0.29) is 12.5 Å². The first-order chi connectivity index (χ1) is 11.4. The van der Waals surface area contributed by atoms with E-state index in [1.54, 1.807) is 0 Å². The van der Waals surface area contributed by atoms with Gasteiger partial charge in [-0.25, -0.2) is 4.79 Å². The number of rotatable bonds is 4. The van der Waals surface area contributed by atoms with E-state index in [1.807, 2.05) is 0 Å². The van der Waals surface area contributed by atoms with Crippen LogP contribution in [0.5, 0.6) is 0 Å². The molecule has 5 amide bonds. The van der Waals surface area contributed by atoms with E-state index in [0.29, 0.717) is 24.1 Å². The average Bonchev–Trinajstić information content (AvgIpc) is 3.09. The maximum absolute atomic E-state index is 12.5. The zero-order valence-corrected chi connectivity index (χ0v) is 13.0. The average molecular weight is 330 g/mol. The summed E-state index contributed by atoms with van der Waals surface area (Å²) in [5.41, 5.74) is 5.10. The van der Waals surface area contributed by atoms with Crippen molar-refractivity contribution in [2.45, 2.75) is 31.2 Å². The molecule has 1 aromatic carbocycles. The summed E-state index contributed by atoms with van der Waals surface area (Å²) in [6, 6.07) is 5.50. The van der Waals surface area contributed by atoms with Crippen molar-refractivity contribution in [1.82, 2.24) is 10.2 Å². The molecule has 1 heterocycles. The van der Waals surface area contributed by atoms with E-state index in [9.17, 15) is 19.2 Å². The van der Waals surface area contributed by atoms with Crippen molar-refractivity contribution in [1.29, 1.82) is 0 Å². The number of benzene rings is 1. The number of hydrogen-bond acceptors (Lipinski definition) is 4. The summed E-state index contributed by atoms with van der Waals surface area (Å²) in [6.45, 7) is -0.343. The molecule has 2 fully saturated rings. The Hall–Kier alpha value is -2.90. The summed E-state index contributed by atoms with van der Waals surface area (Å²) in [5.74, 6) is -1.38. The summed E-state index contributed by atoms with van der Waals surface area (Å²) < 4.78 is 0. The molecule has 8 nitrogen and oxygen atoms in total. The lowest BCUT2D eigenvalue weighted by Gasteiger charge is -2.19. The Balaban J connectivity index is 1.63. The van der Waals surface area contributed by atoms with Crippen LogP contribution in [0.15, 0.2) is 24.3 Å². The molecule has 3 rings (SSSR count). The minimum Gasteiger partial charge on any atom is -0.366 e. The topological polar surface area (TPSA) is 122 Å². The third-order valence-corrected chi connectivity index (χ3v) is 4.46. The molecule has 0 radical (unpaired) electrons. The van der Waals surface area contributed by atoms with Crippen molar-refractivity contribution in [3.63, 3.8) is 0 Å². The second-order valence-corrected chi connectivity index (χ2v) is 6.10. The van der Waals surface area contributed by atoms with E-state index in [4.69, 9.17) is 5.73 Å². The molecule has 2 aliphatic rings. The standard InChI is InChI=1S/C16H18N4O4/c17-13(22)10-3-5-11(6-4-10)18-12(21)9-20-14(23)16(19-15(20)24)7-1-2-8-16/h3-6H,1-2,7-9H2,(H2,17,22)(H,18,21)(H,19,24). The summed E-state index contributed by atoms with van der Waals surface area (Å²) in [5, 5.41) is 5.31. The maximum Gasteiger partial charge on any atom is 0.325 e. The maximum atomic E-state index is 12.5. The van der Waals surface area contributed by atoms with Gasteiger partial charge in [0.15, 0.2) is 0 Å². The van der Waals surface area contributed by atoms with Crippen molar-refractivity contribution in [3.05, 3.63) is 29.8 Å². The van der Waals surface area contributed by atoms with Crippen LogP contribution in [-0.2, 0) is 9.59 Å². The van der Waals surface area contributed by atoms with Gasteiger partial charge in [-0.15, -0.1) is 0 Å². The molecule has 0 bridgehead atoms. The van der Waals surface area contributed by atoms with Gasteiger partial charge < -0.3 is 16.4 Å². The number of carbonyl (C=O) groups is 4. The minimum absolute atomic E-state index is 0.324. The SMILES string of the molecule is NC(=O)c1ccc(NC(=O)CN2C(=O)NC3(CCCC3)C2=O)cc1. The van der Waals surface area contributed by atoms with Gasteiger partial charge in [0.05, 0.1) is 0 Å². The number of anilines is 1. The highest BCUT2D eigenvalue weighted by molar-refractivity contribution is 6.10. The van der Waals surface area contributed by atoms with E-state index >= 15 is 0 Å². The highest BCUT2D eigenvalue weighted by Crippen LogP contribution is 2.34. The number of hydrogen-bond donors (Lipinski definition) is 3. The van der Waals surface area contributed by atoms with Gasteiger partial charge in [0.1, 0.15) is 12.1 Å². The second-order valence-electron chi connectivity index (χ2n) is 6.10. The minimum atomic E-state index is -0.819. The molecule has 1 aliphatic heterocycles. The molecule has 4 N–H and O–H groups in total. The molecule has 0 atom stereocenters. The van der Waals surface area contributed by atoms with E-state index in [1.165, 1.54) is 24.3 Å². The van der Waals surface area contributed by atoms with Gasteiger partial charge >= 0.3 is 6.03 Å². The lowest BCUT2D eigenvalue weighted by molar-refractivity contribution is -0.133. The Labute approximate surface area is 138 Å². The largest absolute Gasteiger partial charge is 0.366 e. The van der Waals surface area contributed by atoms with Gasteiger partial charge in [-0.05, 0) is 37.1 Å². The van der Waals surface area contributed by atoms with Gasteiger partial charge in [-0.1, -0.05) is 12.8 Å². The van der Waals surface area contributed by atoms with Crippen LogP contribution >= 0.6 is 0 Å². The first-order valence-electron chi connectivity index (χ1n) is 7.75. The molecule has 1 aromatic rings. The predicted octanol–water partition coefficient (Wildman–Crippen LogP) is 0.589. The number of carbonyl (C=O) groups excluding carboxylic acids is 4. The molecule has 1 spiro atoms. The predicted molar refractivity (Wildman–Crippen MR) is 85.0 cm³/mol. The van der Waals surface area contributed by atoms with Crippen molar-refractivity contribution in [2.24, 2.45) is 5.73 Å². The molecule has 1 saturated heterocycles. The number of amides is 5. The molecule has 0 aromatic heterocycles. The normalized spacial score (nSPS) is 18.8. The molecule has 1 aliphatic carbocycles. The fraction of sp³-hybridized carbons (Fsp3) is 0.375. The zero-order chi connectivity index (χ0) is 17.3. The number of imide groups is 1. The van der Waals surface area contributed by atoms with Crippen LogP contribution in [0.1, 0.15) is 36.0 Å². The van der Waals surface area contributed by atoms with Crippen molar-refractivity contribution < 1.29 is 19.2 Å². The number of nitrogens with zero attached hydrogens (tertiary/aromatic N) is 1. The summed E-state index contributed by atoms with van der Waals surface area (Å²) in [6.07, 6.45) is 3.01. The van der Waals surface area contributed by atoms with Gasteiger partial charge in [0.2, 0.25) is 11.8 Å². The molecule has 0 unspecified atom stereocenters. The van der Waals surface area contributed by atoms with E-state index < -0.39 is 23.4 Å². The van der Waals surface area contributed by atoms with Crippen LogP contribution in [0.4, 0.5) is 10.5 Å². The van der Waals surface area contributed by atoms with Crippen LogP contribution in [-0.4, -0.2) is 40.7 Å². The molecule has 1 saturated carbocycles. The van der Waals surface area contributed by atoms with E-state index in [2.05, 4.69) is 10.6 Å². The summed E-state index contributed by atoms with van der Waals surface area (Å²) >= 11 is 0. The fourth-order valence-electron chi connectivity index (χ4n) is 3.20. The molecule has 8 heteroatoms. The Morgan fingerprint density at radius 2 is 1.79 bits per heavy atom. The highest BCUT2D eigenvalue weighted by Gasteiger charge is 2.52. The Morgan fingerprint density at radius 1 is 1.17 bits per heavy atom. The van der Waals surface area contributed by atoms with Gasteiger partial charge in [0, 0.05) is 11.3 Å². The first-order valence-corrected chi connectivity index (χ1v) is 7.75. The van der Waals surface area contributed by atoms with Crippen LogP contribution in [0.25, 0.3) is 0 Å². The quantitative estimate of drug-likeness (QED) is 0.699. The Kier molecular flexibility index (Phi) is 3.96. The van der Waals surface area contributed by atoms with Gasteiger partial charge in [-0.3, -0.25) is 19.3 Å². The lowest BCUT2D eigenvalue weighted by atomic mass is 9.98. The Morgan fingerprint density at radius 3 is 2.38 bits per heavy atom. The zero-order valence-electron chi connectivity index (χ0n) is 13.0. The second kappa shape index (κ2) is 5.95. The van der Waals surface area contributed by atoms with Crippen LogP contribution < -0.4 is 16.4 Å². The van der Waals surface area contributed by atoms with Crippen LogP contribution in [0.3, 0.4) is 0 Å². The molecule has 126 valence electrons. The van der Waals surface area contributed by atoms with Crippen LogP contribution in [0.2, 0.25) is 0 Å². The van der Waals surface area contributed by atoms with Crippen molar-refractivity contribution in [2.75, 3.05) is 11.9 Å². The summed E-state index contributed by atoms with van der Waals surface area (Å²) in [4.78, 5) is 48.5. The lowest BCUT2D eigenvalue weighted by Crippen LogP contribution is -2.44. The molecular formula is C16H18N4O4. The third kappa shape index (κ3) is 2.82. The smallest absolute Gasteiger partial charge is 0.325 e. The number of nitrogens with one attached hydrogen (secondary N) is 2. The fourth-order valence-corrected chi connectivity index (χ4v) is 3.20. The molecular weight excluding hydrogens is 312 g/mol. The highest BCUT2D eigenvalue weighted by atomic mass is 16.2. The number of urea groups is 1. The van der Waals surface area contributed by atoms with Crippen LogP contribution in [0, 0.1) is 0 Å². The molecule has 24 heavy (non-hydrogen) atoms. The Bertz CT molecular complexity index is 707. The van der Waals surface area contributed by atoms with Gasteiger partial charge in [-0.2, -0.15) is 0 Å².